The van der Waals surface area contributed by atoms with Crippen LogP contribution in [0.1, 0.15) is 17.6 Å². The van der Waals surface area contributed by atoms with Gasteiger partial charge in [-0.15, -0.1) is 0 Å². The van der Waals surface area contributed by atoms with Crippen molar-refractivity contribution < 1.29 is 9.15 Å². The molecule has 0 bridgehead atoms. The molecule has 0 saturated carbocycles. The lowest BCUT2D eigenvalue weighted by Gasteiger charge is -2.20. The van der Waals surface area contributed by atoms with Crippen LogP contribution in [-0.2, 0) is 4.74 Å². The Labute approximate surface area is 93.6 Å². The summed E-state index contributed by atoms with van der Waals surface area (Å²) in [6, 6.07) is 6.02. The van der Waals surface area contributed by atoms with E-state index in [0.717, 1.165) is 24.2 Å². The lowest BCUT2D eigenvalue weighted by molar-refractivity contribution is 0.0118. The minimum Gasteiger partial charge on any atom is -0.438 e. The van der Waals surface area contributed by atoms with E-state index in [0.29, 0.717) is 12.5 Å². The van der Waals surface area contributed by atoms with Gasteiger partial charge in [0.15, 0.2) is 5.58 Å². The zero-order valence-corrected chi connectivity index (χ0v) is 9.19. The fourth-order valence-corrected chi connectivity index (χ4v) is 1.91. The van der Waals surface area contributed by atoms with Gasteiger partial charge in [0.2, 0.25) is 5.89 Å². The van der Waals surface area contributed by atoms with Crippen LogP contribution < -0.4 is 5.32 Å². The highest BCUT2D eigenvalue weighted by Gasteiger charge is 2.21. The Hall–Kier alpha value is -1.39. The van der Waals surface area contributed by atoms with Crippen LogP contribution in [0.5, 0.6) is 0 Å². The minimum absolute atomic E-state index is 0.0542. The zero-order valence-electron chi connectivity index (χ0n) is 9.19. The van der Waals surface area contributed by atoms with E-state index in [1.807, 2.05) is 25.1 Å². The van der Waals surface area contributed by atoms with Gasteiger partial charge >= 0.3 is 0 Å². The van der Waals surface area contributed by atoms with Gasteiger partial charge in [0.05, 0.1) is 6.61 Å². The normalized spacial score (nSPS) is 21.4. The summed E-state index contributed by atoms with van der Waals surface area (Å²) in [5, 5.41) is 3.26. The summed E-state index contributed by atoms with van der Waals surface area (Å²) in [6.07, 6.45) is -0.0542. The summed E-state index contributed by atoms with van der Waals surface area (Å²) < 4.78 is 11.3. The van der Waals surface area contributed by atoms with Gasteiger partial charge in [0.25, 0.3) is 0 Å². The second kappa shape index (κ2) is 3.88. The van der Waals surface area contributed by atoms with Gasteiger partial charge in [-0.3, -0.25) is 0 Å². The molecule has 4 nitrogen and oxygen atoms in total. The molecule has 3 rings (SSSR count). The van der Waals surface area contributed by atoms with Gasteiger partial charge in [-0.05, 0) is 24.6 Å². The average Bonchev–Trinajstić information content (AvgIpc) is 2.73. The maximum Gasteiger partial charge on any atom is 0.225 e. The SMILES string of the molecule is Cc1ccc2nc(C3CNCCO3)oc2c1. The number of nitrogens with one attached hydrogen (secondary N) is 1. The molecule has 1 atom stereocenters. The first-order valence-corrected chi connectivity index (χ1v) is 5.52. The smallest absolute Gasteiger partial charge is 0.225 e. The average molecular weight is 218 g/mol. The van der Waals surface area contributed by atoms with E-state index in [4.69, 9.17) is 9.15 Å². The van der Waals surface area contributed by atoms with E-state index in [-0.39, 0.29) is 6.10 Å². The molecule has 4 heteroatoms. The maximum atomic E-state index is 5.71. The van der Waals surface area contributed by atoms with Crippen molar-refractivity contribution >= 4 is 11.1 Å². The Balaban J connectivity index is 1.97. The number of benzene rings is 1. The fraction of sp³-hybridized carbons (Fsp3) is 0.417. The molecular weight excluding hydrogens is 204 g/mol. The monoisotopic (exact) mass is 218 g/mol. The molecular formula is C12H14N2O2. The lowest BCUT2D eigenvalue weighted by atomic mass is 10.2. The van der Waals surface area contributed by atoms with Crippen LogP contribution in [-0.4, -0.2) is 24.7 Å². The summed E-state index contributed by atoms with van der Waals surface area (Å²) in [7, 11) is 0. The zero-order chi connectivity index (χ0) is 11.0. The molecule has 0 amide bonds. The third kappa shape index (κ3) is 1.70. The Morgan fingerprint density at radius 1 is 1.44 bits per heavy atom. The van der Waals surface area contributed by atoms with Crippen molar-refractivity contribution in [1.29, 1.82) is 0 Å². The highest BCUT2D eigenvalue weighted by molar-refractivity contribution is 5.73. The van der Waals surface area contributed by atoms with Crippen molar-refractivity contribution in [3.63, 3.8) is 0 Å². The second-order valence-corrected chi connectivity index (χ2v) is 4.09. The highest BCUT2D eigenvalue weighted by Crippen LogP contribution is 2.23. The molecule has 1 aromatic heterocycles. The van der Waals surface area contributed by atoms with Crippen molar-refractivity contribution in [2.75, 3.05) is 19.7 Å². The standard InChI is InChI=1S/C12H14N2O2/c1-8-2-3-9-10(6-8)16-12(14-9)11-7-13-4-5-15-11/h2-3,6,11,13H,4-5,7H2,1H3. The van der Waals surface area contributed by atoms with Crippen molar-refractivity contribution in [2.24, 2.45) is 0 Å². The van der Waals surface area contributed by atoms with Crippen molar-refractivity contribution in [3.8, 4) is 0 Å². The number of rotatable bonds is 1. The van der Waals surface area contributed by atoms with Crippen LogP contribution in [0, 0.1) is 6.92 Å². The minimum atomic E-state index is -0.0542. The first-order valence-electron chi connectivity index (χ1n) is 5.52. The summed E-state index contributed by atoms with van der Waals surface area (Å²) in [6.45, 7) is 4.42. The number of fused-ring (bicyclic) bond motifs is 1. The van der Waals surface area contributed by atoms with Crippen LogP contribution in [0.2, 0.25) is 0 Å². The van der Waals surface area contributed by atoms with Crippen molar-refractivity contribution in [1.82, 2.24) is 10.3 Å². The fourth-order valence-electron chi connectivity index (χ4n) is 1.91. The van der Waals surface area contributed by atoms with E-state index in [9.17, 15) is 0 Å². The predicted octanol–water partition coefficient (Wildman–Crippen LogP) is 1.80. The Morgan fingerprint density at radius 3 is 3.19 bits per heavy atom. The Kier molecular flexibility index (Phi) is 2.38. The molecule has 2 aromatic rings. The van der Waals surface area contributed by atoms with E-state index in [1.165, 1.54) is 5.56 Å². The van der Waals surface area contributed by atoms with E-state index >= 15 is 0 Å². The van der Waals surface area contributed by atoms with Gasteiger partial charge in [-0.2, -0.15) is 0 Å². The first-order chi connectivity index (χ1) is 7.83. The number of ether oxygens (including phenoxy) is 1. The predicted molar refractivity (Wildman–Crippen MR) is 60.3 cm³/mol. The highest BCUT2D eigenvalue weighted by atomic mass is 16.5. The van der Waals surface area contributed by atoms with Crippen molar-refractivity contribution in [3.05, 3.63) is 29.7 Å². The number of morpholine rings is 1. The molecule has 0 spiro atoms. The summed E-state index contributed by atoms with van der Waals surface area (Å²) in [4.78, 5) is 4.45. The third-order valence-electron chi connectivity index (χ3n) is 2.76. The van der Waals surface area contributed by atoms with Crippen molar-refractivity contribution in [2.45, 2.75) is 13.0 Å². The molecule has 2 heterocycles. The summed E-state index contributed by atoms with van der Waals surface area (Å²) in [5.74, 6) is 0.674. The molecule has 84 valence electrons. The molecule has 1 aliphatic heterocycles. The molecule has 1 N–H and O–H groups in total. The molecule has 1 aliphatic rings. The first kappa shape index (κ1) is 9.81. The number of nitrogens with zero attached hydrogens (tertiary/aromatic N) is 1. The molecule has 1 aromatic carbocycles. The molecule has 1 unspecified atom stereocenters. The molecule has 0 aliphatic carbocycles. The largest absolute Gasteiger partial charge is 0.438 e. The maximum absolute atomic E-state index is 5.71. The van der Waals surface area contributed by atoms with Gasteiger partial charge in [-0.1, -0.05) is 6.07 Å². The van der Waals surface area contributed by atoms with Crippen LogP contribution >= 0.6 is 0 Å². The molecule has 1 saturated heterocycles. The number of oxazole rings is 1. The van der Waals surface area contributed by atoms with Crippen LogP contribution in [0.4, 0.5) is 0 Å². The van der Waals surface area contributed by atoms with Crippen LogP contribution in [0.25, 0.3) is 11.1 Å². The summed E-state index contributed by atoms with van der Waals surface area (Å²) in [5.41, 5.74) is 2.91. The second-order valence-electron chi connectivity index (χ2n) is 4.09. The van der Waals surface area contributed by atoms with Gasteiger partial charge in [0, 0.05) is 13.1 Å². The molecule has 16 heavy (non-hydrogen) atoms. The van der Waals surface area contributed by atoms with E-state index in [1.54, 1.807) is 0 Å². The number of hydrogen-bond donors (Lipinski definition) is 1. The third-order valence-corrected chi connectivity index (χ3v) is 2.76. The number of aromatic nitrogens is 1. The number of aryl methyl sites for hydroxylation is 1. The number of hydrogen-bond acceptors (Lipinski definition) is 4. The van der Waals surface area contributed by atoms with Gasteiger partial charge in [-0.25, -0.2) is 4.98 Å². The Morgan fingerprint density at radius 2 is 2.38 bits per heavy atom. The lowest BCUT2D eigenvalue weighted by Crippen LogP contribution is -2.33. The van der Waals surface area contributed by atoms with Crippen LogP contribution in [0.3, 0.4) is 0 Å². The topological polar surface area (TPSA) is 47.3 Å². The van der Waals surface area contributed by atoms with E-state index in [2.05, 4.69) is 10.3 Å². The molecule has 1 fully saturated rings. The Bertz CT molecular complexity index is 501. The quantitative estimate of drug-likeness (QED) is 0.792. The van der Waals surface area contributed by atoms with E-state index < -0.39 is 0 Å². The summed E-state index contributed by atoms with van der Waals surface area (Å²) >= 11 is 0. The van der Waals surface area contributed by atoms with Crippen LogP contribution in [0.15, 0.2) is 22.6 Å². The molecule has 0 radical (unpaired) electrons. The van der Waals surface area contributed by atoms with Gasteiger partial charge < -0.3 is 14.5 Å². The van der Waals surface area contributed by atoms with Gasteiger partial charge in [0.1, 0.15) is 11.6 Å².